The number of amidine groups is 1. The molecule has 4 nitrogen and oxygen atoms in total. The molecule has 0 spiro atoms. The predicted molar refractivity (Wildman–Crippen MR) is 47.2 cm³/mol. The van der Waals surface area contributed by atoms with Gasteiger partial charge in [-0.3, -0.25) is 0 Å². The van der Waals surface area contributed by atoms with Crippen LogP contribution in [0.4, 0.5) is 4.79 Å². The third-order valence-electron chi connectivity index (χ3n) is 0.788. The number of hydrogen-bond donors (Lipinski definition) is 2. The lowest BCUT2D eigenvalue weighted by molar-refractivity contribution is 0.205. The molecule has 0 fully saturated rings. The fourth-order valence-electron chi connectivity index (χ4n) is 0.404. The van der Waals surface area contributed by atoms with Gasteiger partial charge < -0.3 is 10.4 Å². The topological polar surface area (TPSA) is 61.7 Å². The van der Waals surface area contributed by atoms with Gasteiger partial charge in [0.25, 0.3) is 0 Å². The van der Waals surface area contributed by atoms with E-state index in [1.54, 1.807) is 12.3 Å². The highest BCUT2D eigenvalue weighted by atomic mass is 32.2. The standard InChI is InChI=1S/C6H10N2O2S/c1-3-4-7-5(11-2)8-6(9)10/h3H,1,4H2,2H3,(H,7,8)(H,9,10). The van der Waals surface area contributed by atoms with E-state index in [0.717, 1.165) is 0 Å². The van der Waals surface area contributed by atoms with Gasteiger partial charge in [-0.15, -0.1) is 6.58 Å². The van der Waals surface area contributed by atoms with Crippen LogP contribution in [-0.4, -0.2) is 29.2 Å². The van der Waals surface area contributed by atoms with Crippen LogP contribution in [0, 0.1) is 0 Å². The molecule has 0 aromatic rings. The van der Waals surface area contributed by atoms with E-state index in [-0.39, 0.29) is 0 Å². The Kier molecular flexibility index (Phi) is 5.28. The molecule has 0 atom stereocenters. The quantitative estimate of drug-likeness (QED) is 0.374. The third-order valence-corrected chi connectivity index (χ3v) is 1.41. The van der Waals surface area contributed by atoms with E-state index < -0.39 is 6.09 Å². The summed E-state index contributed by atoms with van der Waals surface area (Å²) in [6.07, 6.45) is 2.19. The number of thioether (sulfide) groups is 1. The molecule has 0 aromatic carbocycles. The van der Waals surface area contributed by atoms with Crippen LogP contribution in [0.25, 0.3) is 0 Å². The van der Waals surface area contributed by atoms with Gasteiger partial charge in [-0.1, -0.05) is 17.8 Å². The highest BCUT2D eigenvalue weighted by Gasteiger charge is 1.96. The maximum Gasteiger partial charge on any atom is 0.433 e. The smallest absolute Gasteiger partial charge is 0.433 e. The zero-order chi connectivity index (χ0) is 8.69. The van der Waals surface area contributed by atoms with Crippen LogP contribution in [0.5, 0.6) is 0 Å². The number of amides is 1. The van der Waals surface area contributed by atoms with Gasteiger partial charge in [-0.05, 0) is 6.26 Å². The fourth-order valence-corrected chi connectivity index (χ4v) is 0.801. The molecule has 0 aliphatic rings. The molecule has 5 heteroatoms. The Bertz CT molecular complexity index is 179. The second-order valence-electron chi connectivity index (χ2n) is 1.57. The second-order valence-corrected chi connectivity index (χ2v) is 2.37. The van der Waals surface area contributed by atoms with Crippen molar-refractivity contribution in [3.63, 3.8) is 0 Å². The molecule has 0 unspecified atom stereocenters. The van der Waals surface area contributed by atoms with Crippen LogP contribution in [0.2, 0.25) is 0 Å². The van der Waals surface area contributed by atoms with Crippen LogP contribution in [-0.2, 0) is 0 Å². The van der Waals surface area contributed by atoms with Crippen molar-refractivity contribution in [2.75, 3.05) is 12.8 Å². The first-order valence-corrected chi connectivity index (χ1v) is 4.13. The summed E-state index contributed by atoms with van der Waals surface area (Å²) in [6.45, 7) is 3.99. The normalized spacial score (nSPS) is 10.8. The maximum atomic E-state index is 10.1. The van der Waals surface area contributed by atoms with Gasteiger partial charge in [-0.25, -0.2) is 4.79 Å². The summed E-state index contributed by atoms with van der Waals surface area (Å²) in [5.74, 6) is 0. The van der Waals surface area contributed by atoms with Crippen molar-refractivity contribution < 1.29 is 9.90 Å². The van der Waals surface area contributed by atoms with Gasteiger partial charge in [0.15, 0.2) is 5.17 Å². The number of carboxylic acid groups (broad SMARTS) is 1. The van der Waals surface area contributed by atoms with Gasteiger partial charge in [0.1, 0.15) is 0 Å². The molecular weight excluding hydrogens is 164 g/mol. The largest absolute Gasteiger partial charge is 0.463 e. The highest BCUT2D eigenvalue weighted by Crippen LogP contribution is 1.94. The molecule has 0 heterocycles. The average Bonchev–Trinajstić information content (AvgIpc) is 1.97. The fraction of sp³-hybridized carbons (Fsp3) is 0.333. The summed E-state index contributed by atoms with van der Waals surface area (Å²) in [6, 6.07) is 0. The minimum Gasteiger partial charge on any atom is -0.463 e. The van der Waals surface area contributed by atoms with Crippen molar-refractivity contribution in [3.8, 4) is 0 Å². The molecule has 62 valence electrons. The Morgan fingerprint density at radius 2 is 2.55 bits per heavy atom. The third kappa shape index (κ3) is 5.47. The highest BCUT2D eigenvalue weighted by molar-refractivity contribution is 8.13. The molecule has 0 bridgehead atoms. The Hall–Kier alpha value is -0.970. The zero-order valence-electron chi connectivity index (χ0n) is 6.20. The van der Waals surface area contributed by atoms with E-state index in [0.29, 0.717) is 11.7 Å². The Morgan fingerprint density at radius 3 is 2.91 bits per heavy atom. The first-order valence-electron chi connectivity index (χ1n) is 2.91. The van der Waals surface area contributed by atoms with E-state index >= 15 is 0 Å². The van der Waals surface area contributed by atoms with Crippen molar-refractivity contribution >= 4 is 23.0 Å². The molecule has 2 N–H and O–H groups in total. The van der Waals surface area contributed by atoms with E-state index in [9.17, 15) is 4.79 Å². The van der Waals surface area contributed by atoms with E-state index in [1.807, 2.05) is 0 Å². The minimum atomic E-state index is -1.19. The lowest BCUT2D eigenvalue weighted by Gasteiger charge is -2.01. The van der Waals surface area contributed by atoms with Gasteiger partial charge in [-0.2, -0.15) is 4.99 Å². The van der Waals surface area contributed by atoms with Crippen LogP contribution in [0.1, 0.15) is 0 Å². The Morgan fingerprint density at radius 1 is 1.91 bits per heavy atom. The molecule has 0 radical (unpaired) electrons. The predicted octanol–water partition coefficient (Wildman–Crippen LogP) is 1.16. The molecule has 0 aliphatic heterocycles. The SMILES string of the molecule is C=CCNC(=NC(=O)O)SC. The number of aliphatic imine (C=N–C) groups is 1. The second kappa shape index (κ2) is 5.79. The minimum absolute atomic E-state index is 0.386. The van der Waals surface area contributed by atoms with Gasteiger partial charge in [0.05, 0.1) is 0 Å². The number of nitrogens with zero attached hydrogens (tertiary/aromatic N) is 1. The monoisotopic (exact) mass is 174 g/mol. The van der Waals surface area contributed by atoms with Crippen molar-refractivity contribution in [1.29, 1.82) is 0 Å². The van der Waals surface area contributed by atoms with Crippen molar-refractivity contribution in [1.82, 2.24) is 5.32 Å². The maximum absolute atomic E-state index is 10.1. The van der Waals surface area contributed by atoms with Crippen LogP contribution >= 0.6 is 11.8 Å². The molecule has 0 rings (SSSR count). The summed E-state index contributed by atoms with van der Waals surface area (Å²) in [5.41, 5.74) is 0. The van der Waals surface area contributed by atoms with Crippen molar-refractivity contribution in [3.05, 3.63) is 12.7 Å². The number of rotatable bonds is 2. The number of carbonyl (C=O) groups is 1. The lowest BCUT2D eigenvalue weighted by atomic mass is 10.6. The van der Waals surface area contributed by atoms with Crippen molar-refractivity contribution in [2.24, 2.45) is 4.99 Å². The van der Waals surface area contributed by atoms with Gasteiger partial charge in [0, 0.05) is 6.54 Å². The zero-order valence-corrected chi connectivity index (χ0v) is 7.02. The molecule has 0 saturated heterocycles. The Balaban J connectivity index is 3.93. The van der Waals surface area contributed by atoms with Gasteiger partial charge in [0.2, 0.25) is 0 Å². The molecule has 1 amide bonds. The first kappa shape index (κ1) is 10.0. The van der Waals surface area contributed by atoms with Gasteiger partial charge >= 0.3 is 6.09 Å². The molecule has 11 heavy (non-hydrogen) atoms. The Labute approximate surface area is 69.4 Å². The summed E-state index contributed by atoms with van der Waals surface area (Å²) in [4.78, 5) is 13.3. The number of hydrogen-bond acceptors (Lipinski definition) is 2. The summed E-state index contributed by atoms with van der Waals surface area (Å²) >= 11 is 1.25. The average molecular weight is 174 g/mol. The number of nitrogens with one attached hydrogen (secondary N) is 1. The van der Waals surface area contributed by atoms with Crippen molar-refractivity contribution in [2.45, 2.75) is 0 Å². The summed E-state index contributed by atoms with van der Waals surface area (Å²) in [5, 5.41) is 11.4. The molecule has 0 saturated carbocycles. The molecule has 0 aliphatic carbocycles. The van der Waals surface area contributed by atoms with Crippen LogP contribution in [0.3, 0.4) is 0 Å². The van der Waals surface area contributed by atoms with E-state index in [4.69, 9.17) is 5.11 Å². The molecular formula is C6H10N2O2S. The first-order chi connectivity index (χ1) is 5.20. The lowest BCUT2D eigenvalue weighted by Crippen LogP contribution is -2.20. The van der Waals surface area contributed by atoms with E-state index in [2.05, 4.69) is 16.9 Å². The van der Waals surface area contributed by atoms with Crippen LogP contribution in [0.15, 0.2) is 17.6 Å². The van der Waals surface area contributed by atoms with E-state index in [1.165, 1.54) is 11.8 Å². The summed E-state index contributed by atoms with van der Waals surface area (Å²) < 4.78 is 0. The summed E-state index contributed by atoms with van der Waals surface area (Å²) in [7, 11) is 0. The molecule has 0 aromatic heterocycles. The van der Waals surface area contributed by atoms with Crippen LogP contribution < -0.4 is 5.32 Å².